The molecule has 33 heavy (non-hydrogen) atoms. The quantitative estimate of drug-likeness (QED) is 0.521. The highest BCUT2D eigenvalue weighted by Crippen LogP contribution is 2.32. The highest BCUT2D eigenvalue weighted by atomic mass is 32.2. The highest BCUT2D eigenvalue weighted by Gasteiger charge is 2.38. The largest absolute Gasteiger partial charge is 0.453 e. The van der Waals surface area contributed by atoms with Crippen LogP contribution < -0.4 is 4.90 Å². The zero-order chi connectivity index (χ0) is 24.2. The average Bonchev–Trinajstić information content (AvgIpc) is 3.17. The van der Waals surface area contributed by atoms with Crippen molar-refractivity contribution in [3.63, 3.8) is 0 Å². The number of hydrogen-bond donors (Lipinski definition) is 0. The first-order valence-electron chi connectivity index (χ1n) is 9.51. The Kier molecular flexibility index (Phi) is 5.51. The molecule has 0 bridgehead atoms. The smallest absolute Gasteiger partial charge is 0.354 e. The number of sulfonamides is 1. The molecule has 3 heterocycles. The molecule has 0 radical (unpaired) electrons. The molecule has 0 saturated carbocycles. The van der Waals surface area contributed by atoms with Gasteiger partial charge in [-0.1, -0.05) is 6.07 Å². The first-order chi connectivity index (χ1) is 15.3. The van der Waals surface area contributed by atoms with Gasteiger partial charge >= 0.3 is 12.4 Å². The first kappa shape index (κ1) is 23.2. The van der Waals surface area contributed by atoms with E-state index >= 15 is 0 Å². The van der Waals surface area contributed by atoms with Crippen LogP contribution in [0.25, 0.3) is 5.78 Å². The van der Waals surface area contributed by atoms with E-state index in [0.29, 0.717) is 11.8 Å². The summed E-state index contributed by atoms with van der Waals surface area (Å²) in [5.41, 5.74) is -0.693. The summed E-state index contributed by atoms with van der Waals surface area (Å²) < 4.78 is 106. The lowest BCUT2D eigenvalue weighted by Gasteiger charge is -2.35. The number of alkyl halides is 6. The van der Waals surface area contributed by atoms with E-state index in [1.54, 1.807) is 11.8 Å². The van der Waals surface area contributed by atoms with Crippen LogP contribution >= 0.6 is 0 Å². The van der Waals surface area contributed by atoms with Crippen LogP contribution in [0.4, 0.5) is 32.2 Å². The molecule has 15 heteroatoms. The van der Waals surface area contributed by atoms with Crippen LogP contribution in [0.5, 0.6) is 0 Å². The van der Waals surface area contributed by atoms with Gasteiger partial charge in [-0.15, -0.1) is 5.10 Å². The third kappa shape index (κ3) is 4.46. The maximum absolute atomic E-state index is 13.0. The Morgan fingerprint density at radius 3 is 2.18 bits per heavy atom. The van der Waals surface area contributed by atoms with Crippen molar-refractivity contribution in [2.24, 2.45) is 0 Å². The van der Waals surface area contributed by atoms with Gasteiger partial charge in [0.15, 0.2) is 0 Å². The monoisotopic (exact) mass is 494 g/mol. The molecule has 1 aliphatic rings. The Balaban J connectivity index is 1.58. The van der Waals surface area contributed by atoms with E-state index in [2.05, 4.69) is 15.1 Å². The summed E-state index contributed by atoms with van der Waals surface area (Å²) in [5, 5.41) is 3.49. The van der Waals surface area contributed by atoms with Crippen LogP contribution in [0, 0.1) is 6.92 Å². The van der Waals surface area contributed by atoms with E-state index in [9.17, 15) is 34.8 Å². The zero-order valence-corrected chi connectivity index (χ0v) is 17.7. The van der Waals surface area contributed by atoms with E-state index in [1.165, 1.54) is 6.07 Å². The van der Waals surface area contributed by atoms with Crippen molar-refractivity contribution in [1.29, 1.82) is 0 Å². The van der Waals surface area contributed by atoms with E-state index in [0.717, 1.165) is 27.0 Å². The van der Waals surface area contributed by atoms with Gasteiger partial charge in [-0.2, -0.15) is 40.1 Å². The number of aryl methyl sites for hydroxylation is 1. The Morgan fingerprint density at radius 2 is 1.58 bits per heavy atom. The Hall–Kier alpha value is -2.94. The minimum Gasteiger partial charge on any atom is -0.354 e. The van der Waals surface area contributed by atoms with Gasteiger partial charge in [0, 0.05) is 37.9 Å². The molecule has 0 aliphatic carbocycles. The first-order valence-corrected chi connectivity index (χ1v) is 10.9. The summed E-state index contributed by atoms with van der Waals surface area (Å²) in [5.74, 6) is -1.36. The lowest BCUT2D eigenvalue weighted by atomic mass is 10.2. The molecule has 0 N–H and O–H groups in total. The molecule has 178 valence electrons. The van der Waals surface area contributed by atoms with Crippen LogP contribution in [0.1, 0.15) is 17.1 Å². The Morgan fingerprint density at radius 1 is 0.909 bits per heavy atom. The summed E-state index contributed by atoms with van der Waals surface area (Å²) in [6.45, 7) is 1.51. The Labute approximate surface area is 183 Å². The lowest BCUT2D eigenvalue weighted by Crippen LogP contribution is -2.49. The summed E-state index contributed by atoms with van der Waals surface area (Å²) in [4.78, 5) is 8.50. The van der Waals surface area contributed by atoms with Crippen LogP contribution in [-0.2, 0) is 22.4 Å². The average molecular weight is 494 g/mol. The van der Waals surface area contributed by atoms with Crippen LogP contribution in [0.15, 0.2) is 35.2 Å². The fourth-order valence-electron chi connectivity index (χ4n) is 3.45. The fourth-order valence-corrected chi connectivity index (χ4v) is 4.92. The fraction of sp³-hybridized carbons (Fsp3) is 0.389. The molecule has 1 saturated heterocycles. The van der Waals surface area contributed by atoms with Crippen molar-refractivity contribution in [2.45, 2.75) is 24.2 Å². The van der Waals surface area contributed by atoms with Gasteiger partial charge in [-0.05, 0) is 25.1 Å². The second kappa shape index (κ2) is 7.83. The van der Waals surface area contributed by atoms with E-state index < -0.39 is 38.7 Å². The topological polar surface area (TPSA) is 83.7 Å². The maximum Gasteiger partial charge on any atom is 0.453 e. The molecular weight excluding hydrogens is 478 g/mol. The van der Waals surface area contributed by atoms with E-state index in [1.807, 2.05) is 0 Å². The molecule has 0 unspecified atom stereocenters. The molecule has 8 nitrogen and oxygen atoms in total. The third-order valence-corrected chi connectivity index (χ3v) is 6.93. The molecule has 0 atom stereocenters. The van der Waals surface area contributed by atoms with Crippen molar-refractivity contribution in [3.05, 3.63) is 47.4 Å². The number of halogens is 6. The number of anilines is 1. The number of piperazine rings is 1. The molecule has 1 aliphatic heterocycles. The van der Waals surface area contributed by atoms with Crippen LogP contribution in [0.3, 0.4) is 0 Å². The van der Waals surface area contributed by atoms with Crippen LogP contribution in [0.2, 0.25) is 0 Å². The second-order valence-electron chi connectivity index (χ2n) is 7.32. The number of benzene rings is 1. The van der Waals surface area contributed by atoms with Gasteiger partial charge in [0.2, 0.25) is 10.0 Å². The number of nitrogens with zero attached hydrogens (tertiary/aromatic N) is 6. The summed E-state index contributed by atoms with van der Waals surface area (Å²) >= 11 is 0. The summed E-state index contributed by atoms with van der Waals surface area (Å²) in [6.07, 6.45) is -9.46. The minimum atomic E-state index is -4.77. The lowest BCUT2D eigenvalue weighted by molar-refractivity contribution is -0.144. The third-order valence-electron chi connectivity index (χ3n) is 5.04. The number of rotatable bonds is 3. The van der Waals surface area contributed by atoms with E-state index in [4.69, 9.17) is 0 Å². The molecule has 0 spiro atoms. The summed E-state index contributed by atoms with van der Waals surface area (Å²) in [7, 11) is -4.21. The Bertz CT molecular complexity index is 1300. The van der Waals surface area contributed by atoms with Gasteiger partial charge in [0.1, 0.15) is 5.82 Å². The zero-order valence-electron chi connectivity index (χ0n) is 16.9. The molecule has 3 aromatic rings. The highest BCUT2D eigenvalue weighted by molar-refractivity contribution is 7.89. The van der Waals surface area contributed by atoms with Gasteiger partial charge in [0.05, 0.1) is 10.5 Å². The van der Waals surface area contributed by atoms with E-state index in [-0.39, 0.29) is 37.8 Å². The minimum absolute atomic E-state index is 0.0674. The molecule has 1 aromatic carbocycles. The van der Waals surface area contributed by atoms with Crippen molar-refractivity contribution in [1.82, 2.24) is 23.9 Å². The van der Waals surface area contributed by atoms with Crippen molar-refractivity contribution >= 4 is 21.6 Å². The molecular formula is C18H16F6N6O2S. The maximum atomic E-state index is 13.0. The predicted octanol–water partition coefficient (Wildman–Crippen LogP) is 2.98. The predicted molar refractivity (Wildman–Crippen MR) is 103 cm³/mol. The summed E-state index contributed by atoms with van der Waals surface area (Å²) in [6, 6.07) is 4.96. The number of hydrogen-bond acceptors (Lipinski definition) is 6. The van der Waals surface area contributed by atoms with Crippen molar-refractivity contribution in [3.8, 4) is 0 Å². The molecule has 4 rings (SSSR count). The number of fused-ring (bicyclic) bond motifs is 1. The van der Waals surface area contributed by atoms with Gasteiger partial charge < -0.3 is 4.90 Å². The van der Waals surface area contributed by atoms with Crippen molar-refractivity contribution in [2.75, 3.05) is 31.1 Å². The number of aromatic nitrogens is 4. The molecule has 0 amide bonds. The standard InChI is InChI=1S/C18H16F6N6O2S/c1-11-9-14(30-16(25-11)26-15(27-30)18(22,23)24)28-5-7-29(8-6-28)33(31,32)13-4-2-3-12(10-13)17(19,20)21/h2-4,9-10H,5-8H2,1H3. The van der Waals surface area contributed by atoms with Crippen molar-refractivity contribution < 1.29 is 34.8 Å². The molecule has 2 aromatic heterocycles. The molecule has 1 fully saturated rings. The second-order valence-corrected chi connectivity index (χ2v) is 9.26. The van der Waals surface area contributed by atoms with Crippen LogP contribution in [-0.4, -0.2) is 58.5 Å². The van der Waals surface area contributed by atoms with Gasteiger partial charge in [0.25, 0.3) is 11.6 Å². The van der Waals surface area contributed by atoms with Gasteiger partial charge in [-0.25, -0.2) is 13.4 Å². The SMILES string of the molecule is Cc1cc(N2CCN(S(=O)(=O)c3cccc(C(F)(F)F)c3)CC2)n2nc(C(F)(F)F)nc2n1. The van der Waals surface area contributed by atoms with Gasteiger partial charge in [-0.3, -0.25) is 0 Å². The normalized spacial score (nSPS) is 16.5.